The Labute approximate surface area is 138 Å². The van der Waals surface area contributed by atoms with Gasteiger partial charge in [0.1, 0.15) is 11.6 Å². The summed E-state index contributed by atoms with van der Waals surface area (Å²) in [5.41, 5.74) is 1.24. The summed E-state index contributed by atoms with van der Waals surface area (Å²) in [4.78, 5) is 17.2. The highest BCUT2D eigenvalue weighted by molar-refractivity contribution is 5.70. The van der Waals surface area contributed by atoms with Crippen LogP contribution in [0.3, 0.4) is 0 Å². The van der Waals surface area contributed by atoms with E-state index in [-0.39, 0.29) is 12.0 Å². The molecule has 1 aliphatic rings. The number of halogens is 2. The molecule has 6 heteroatoms. The fraction of sp³-hybridized carbons (Fsp3) is 0.333. The van der Waals surface area contributed by atoms with E-state index in [2.05, 4.69) is 4.98 Å². The summed E-state index contributed by atoms with van der Waals surface area (Å²) in [6, 6.07) is 6.81. The molecule has 4 nitrogen and oxygen atoms in total. The molecule has 0 saturated carbocycles. The third-order valence-electron chi connectivity index (χ3n) is 4.52. The van der Waals surface area contributed by atoms with E-state index in [0.29, 0.717) is 31.5 Å². The van der Waals surface area contributed by atoms with Gasteiger partial charge < -0.3 is 5.11 Å². The molecule has 1 saturated heterocycles. The van der Waals surface area contributed by atoms with Gasteiger partial charge in [-0.3, -0.25) is 14.7 Å². The number of aromatic nitrogens is 1. The van der Waals surface area contributed by atoms with Crippen LogP contribution in [0.4, 0.5) is 8.78 Å². The number of hydrogen-bond acceptors (Lipinski definition) is 3. The van der Waals surface area contributed by atoms with Crippen molar-refractivity contribution in [1.29, 1.82) is 0 Å². The topological polar surface area (TPSA) is 53.4 Å². The summed E-state index contributed by atoms with van der Waals surface area (Å²) in [5, 5.41) is 9.14. The number of rotatable bonds is 4. The van der Waals surface area contributed by atoms with Crippen molar-refractivity contribution in [2.45, 2.75) is 18.9 Å². The Hall–Kier alpha value is -2.34. The van der Waals surface area contributed by atoms with Gasteiger partial charge in [0.15, 0.2) is 0 Å². The Morgan fingerprint density at radius 1 is 1.17 bits per heavy atom. The molecule has 126 valence electrons. The number of carboxylic acids is 1. The molecule has 3 rings (SSSR count). The Morgan fingerprint density at radius 2 is 1.83 bits per heavy atom. The average molecular weight is 332 g/mol. The van der Waals surface area contributed by atoms with Crippen LogP contribution in [0.2, 0.25) is 0 Å². The van der Waals surface area contributed by atoms with Gasteiger partial charge >= 0.3 is 5.97 Å². The van der Waals surface area contributed by atoms with Gasteiger partial charge in [0.05, 0.1) is 12.0 Å². The molecule has 1 unspecified atom stereocenters. The third kappa shape index (κ3) is 3.43. The van der Waals surface area contributed by atoms with Gasteiger partial charge in [0.2, 0.25) is 0 Å². The summed E-state index contributed by atoms with van der Waals surface area (Å²) < 4.78 is 27.6. The van der Waals surface area contributed by atoms with Gasteiger partial charge in [-0.2, -0.15) is 0 Å². The first kappa shape index (κ1) is 16.5. The fourth-order valence-electron chi connectivity index (χ4n) is 3.26. The van der Waals surface area contributed by atoms with Crippen LogP contribution in [0.15, 0.2) is 42.7 Å². The maximum absolute atomic E-state index is 14.4. The lowest BCUT2D eigenvalue weighted by Crippen LogP contribution is -2.39. The highest BCUT2D eigenvalue weighted by Crippen LogP contribution is 2.33. The fourth-order valence-corrected chi connectivity index (χ4v) is 3.26. The minimum absolute atomic E-state index is 0.364. The number of benzene rings is 1. The molecule has 0 radical (unpaired) electrons. The average Bonchev–Trinajstić information content (AvgIpc) is 2.58. The molecule has 1 aromatic heterocycles. The van der Waals surface area contributed by atoms with Gasteiger partial charge in [-0.15, -0.1) is 0 Å². The summed E-state index contributed by atoms with van der Waals surface area (Å²) in [7, 11) is 0. The van der Waals surface area contributed by atoms with Gasteiger partial charge in [-0.1, -0.05) is 6.07 Å². The number of hydrogen-bond donors (Lipinski definition) is 1. The lowest BCUT2D eigenvalue weighted by atomic mass is 9.91. The molecule has 1 N–H and O–H groups in total. The first-order valence-electron chi connectivity index (χ1n) is 7.88. The Balaban J connectivity index is 1.93. The van der Waals surface area contributed by atoms with Crippen molar-refractivity contribution < 1.29 is 18.7 Å². The van der Waals surface area contributed by atoms with Crippen LogP contribution in [0, 0.1) is 17.6 Å². The maximum Gasteiger partial charge on any atom is 0.306 e. The molecule has 24 heavy (non-hydrogen) atoms. The Kier molecular flexibility index (Phi) is 4.85. The number of pyridine rings is 1. The third-order valence-corrected chi connectivity index (χ3v) is 4.52. The van der Waals surface area contributed by atoms with Crippen LogP contribution in [0.25, 0.3) is 0 Å². The van der Waals surface area contributed by atoms with Crippen LogP contribution in [-0.2, 0) is 4.79 Å². The molecule has 2 heterocycles. The highest BCUT2D eigenvalue weighted by atomic mass is 19.1. The van der Waals surface area contributed by atoms with Crippen molar-refractivity contribution in [2.75, 3.05) is 13.1 Å². The molecular weight excluding hydrogens is 314 g/mol. The number of aliphatic carboxylic acids is 1. The lowest BCUT2D eigenvalue weighted by molar-refractivity contribution is -0.143. The number of nitrogens with zero attached hydrogens (tertiary/aromatic N) is 2. The molecule has 1 aliphatic heterocycles. The molecule has 0 amide bonds. The standard InChI is InChI=1S/C18H18F2N2O2/c19-14-1-2-15(16(20)11-14)17(12-3-7-21-8-4-12)22-9-5-13(6-10-22)18(23)24/h1-4,7-8,11,13,17H,5-6,9-10H2,(H,23,24). The van der Waals surface area contributed by atoms with Crippen LogP contribution >= 0.6 is 0 Å². The summed E-state index contributed by atoms with van der Waals surface area (Å²) in [5.74, 6) is -2.37. The molecule has 1 atom stereocenters. The predicted molar refractivity (Wildman–Crippen MR) is 84.4 cm³/mol. The van der Waals surface area contributed by atoms with E-state index in [1.807, 2.05) is 4.90 Å². The predicted octanol–water partition coefficient (Wildman–Crippen LogP) is 3.25. The van der Waals surface area contributed by atoms with Crippen LogP contribution < -0.4 is 0 Å². The van der Waals surface area contributed by atoms with Crippen LogP contribution in [0.5, 0.6) is 0 Å². The van der Waals surface area contributed by atoms with Crippen molar-refractivity contribution in [3.8, 4) is 0 Å². The van der Waals surface area contributed by atoms with Crippen molar-refractivity contribution in [3.63, 3.8) is 0 Å². The summed E-state index contributed by atoms with van der Waals surface area (Å²) >= 11 is 0. The first-order chi connectivity index (χ1) is 11.6. The van der Waals surface area contributed by atoms with Crippen molar-refractivity contribution in [1.82, 2.24) is 9.88 Å². The molecule has 1 fully saturated rings. The number of carboxylic acid groups (broad SMARTS) is 1. The number of likely N-dealkylation sites (tertiary alicyclic amines) is 1. The minimum atomic E-state index is -0.789. The van der Waals surface area contributed by atoms with E-state index in [9.17, 15) is 13.6 Å². The second kappa shape index (κ2) is 7.05. The highest BCUT2D eigenvalue weighted by Gasteiger charge is 2.31. The van der Waals surface area contributed by atoms with E-state index in [4.69, 9.17) is 5.11 Å². The quantitative estimate of drug-likeness (QED) is 0.934. The Morgan fingerprint density at radius 3 is 2.42 bits per heavy atom. The first-order valence-corrected chi connectivity index (χ1v) is 7.88. The zero-order valence-electron chi connectivity index (χ0n) is 13.0. The molecule has 1 aromatic carbocycles. The molecule has 2 aromatic rings. The normalized spacial score (nSPS) is 17.6. The van der Waals surface area contributed by atoms with Crippen LogP contribution in [-0.4, -0.2) is 34.0 Å². The molecule has 0 aliphatic carbocycles. The van der Waals surface area contributed by atoms with Crippen molar-refractivity contribution in [3.05, 3.63) is 65.5 Å². The van der Waals surface area contributed by atoms with Gasteiger partial charge in [0.25, 0.3) is 0 Å². The second-order valence-corrected chi connectivity index (χ2v) is 6.00. The molecule has 0 spiro atoms. The minimum Gasteiger partial charge on any atom is -0.481 e. The molecular formula is C18H18F2N2O2. The second-order valence-electron chi connectivity index (χ2n) is 6.00. The van der Waals surface area contributed by atoms with Gasteiger partial charge in [-0.25, -0.2) is 8.78 Å². The monoisotopic (exact) mass is 332 g/mol. The van der Waals surface area contributed by atoms with Crippen molar-refractivity contribution in [2.24, 2.45) is 5.92 Å². The van der Waals surface area contributed by atoms with E-state index in [1.54, 1.807) is 24.5 Å². The lowest BCUT2D eigenvalue weighted by Gasteiger charge is -2.37. The Bertz CT molecular complexity index is 716. The number of carbonyl (C=O) groups is 1. The van der Waals surface area contributed by atoms with E-state index in [1.165, 1.54) is 12.1 Å². The SMILES string of the molecule is O=C(O)C1CCN(C(c2ccncc2)c2ccc(F)cc2F)CC1. The maximum atomic E-state index is 14.4. The van der Waals surface area contributed by atoms with Gasteiger partial charge in [0, 0.05) is 24.0 Å². The smallest absolute Gasteiger partial charge is 0.306 e. The zero-order chi connectivity index (χ0) is 17.1. The zero-order valence-corrected chi connectivity index (χ0v) is 13.0. The number of piperidine rings is 1. The molecule has 0 bridgehead atoms. The largest absolute Gasteiger partial charge is 0.481 e. The summed E-state index contributed by atoms with van der Waals surface area (Å²) in [6.45, 7) is 1.08. The van der Waals surface area contributed by atoms with E-state index < -0.39 is 17.6 Å². The van der Waals surface area contributed by atoms with Gasteiger partial charge in [-0.05, 0) is 49.7 Å². The van der Waals surface area contributed by atoms with E-state index >= 15 is 0 Å². The van der Waals surface area contributed by atoms with Crippen molar-refractivity contribution >= 4 is 5.97 Å². The van der Waals surface area contributed by atoms with Crippen LogP contribution in [0.1, 0.15) is 30.0 Å². The summed E-state index contributed by atoms with van der Waals surface area (Å²) in [6.07, 6.45) is 4.29. The van der Waals surface area contributed by atoms with E-state index in [0.717, 1.165) is 11.6 Å².